The van der Waals surface area contributed by atoms with E-state index < -0.39 is 0 Å². The molecule has 0 aliphatic heterocycles. The zero-order valence-corrected chi connectivity index (χ0v) is 13.3. The fourth-order valence-electron chi connectivity index (χ4n) is 2.60. The Balaban J connectivity index is 1.98. The van der Waals surface area contributed by atoms with Crippen molar-refractivity contribution >= 4 is 33.7 Å². The Kier molecular flexibility index (Phi) is 4.27. The highest BCUT2D eigenvalue weighted by Gasteiger charge is 2.18. The number of nitrogens with one attached hydrogen (secondary N) is 1. The quantitative estimate of drug-likeness (QED) is 0.545. The molecular formula is C17H17ClN2S. The van der Waals surface area contributed by atoms with E-state index in [4.69, 9.17) is 17.4 Å². The molecule has 108 valence electrons. The maximum Gasteiger partial charge on any atom is 0.0608 e. The van der Waals surface area contributed by atoms with E-state index in [1.807, 2.05) is 6.92 Å². The lowest BCUT2D eigenvalue weighted by Crippen LogP contribution is -2.29. The average Bonchev–Trinajstić information content (AvgIpc) is 2.85. The minimum absolute atomic E-state index is 0.0296. The molecule has 1 atom stereocenters. The molecule has 1 aromatic heterocycles. The van der Waals surface area contributed by atoms with Crippen LogP contribution in [0, 0.1) is 6.92 Å². The lowest BCUT2D eigenvalue weighted by molar-refractivity contribution is 0.562. The van der Waals surface area contributed by atoms with Gasteiger partial charge in [-0.2, -0.15) is 0 Å². The van der Waals surface area contributed by atoms with Crippen LogP contribution in [0.5, 0.6) is 0 Å². The first-order valence-electron chi connectivity index (χ1n) is 6.87. The summed E-state index contributed by atoms with van der Waals surface area (Å²) in [6.45, 7) is 2.02. The standard InChI is InChI=1S/C17H17ClN2S/c1-11-10-21-17(16(11)18)15(20-19)9-13-7-4-6-12-5-2-3-8-14(12)13/h2-8,10,15,20H,9,19H2,1H3. The van der Waals surface area contributed by atoms with E-state index in [1.54, 1.807) is 11.3 Å². The van der Waals surface area contributed by atoms with Crippen molar-refractivity contribution in [3.05, 3.63) is 68.9 Å². The summed E-state index contributed by atoms with van der Waals surface area (Å²) in [7, 11) is 0. The molecule has 0 aliphatic carbocycles. The Morgan fingerprint density at radius 3 is 2.67 bits per heavy atom. The minimum Gasteiger partial charge on any atom is -0.271 e. The molecule has 2 nitrogen and oxygen atoms in total. The van der Waals surface area contributed by atoms with Crippen molar-refractivity contribution in [2.24, 2.45) is 5.84 Å². The molecule has 2 aromatic carbocycles. The van der Waals surface area contributed by atoms with Gasteiger partial charge >= 0.3 is 0 Å². The van der Waals surface area contributed by atoms with Gasteiger partial charge in [-0.05, 0) is 40.6 Å². The molecule has 21 heavy (non-hydrogen) atoms. The third-order valence-corrected chi connectivity index (χ3v) is 5.57. The summed E-state index contributed by atoms with van der Waals surface area (Å²) in [5.41, 5.74) is 5.29. The summed E-state index contributed by atoms with van der Waals surface area (Å²) in [5, 5.41) is 5.41. The van der Waals surface area contributed by atoms with Crippen LogP contribution in [0.2, 0.25) is 5.02 Å². The maximum atomic E-state index is 6.38. The van der Waals surface area contributed by atoms with Crippen LogP contribution in [0.1, 0.15) is 22.0 Å². The average molecular weight is 317 g/mol. The third-order valence-electron chi connectivity index (χ3n) is 3.75. The molecule has 4 heteroatoms. The van der Waals surface area contributed by atoms with Crippen molar-refractivity contribution in [3.63, 3.8) is 0 Å². The van der Waals surface area contributed by atoms with Crippen LogP contribution in [0.15, 0.2) is 47.8 Å². The topological polar surface area (TPSA) is 38.0 Å². The van der Waals surface area contributed by atoms with Gasteiger partial charge in [0.15, 0.2) is 0 Å². The van der Waals surface area contributed by atoms with E-state index in [2.05, 4.69) is 53.3 Å². The van der Waals surface area contributed by atoms with Gasteiger partial charge < -0.3 is 0 Å². The highest BCUT2D eigenvalue weighted by atomic mass is 35.5. The van der Waals surface area contributed by atoms with Gasteiger partial charge in [0.1, 0.15) is 0 Å². The molecule has 3 aromatic rings. The van der Waals surface area contributed by atoms with Crippen molar-refractivity contribution in [2.45, 2.75) is 19.4 Å². The van der Waals surface area contributed by atoms with E-state index in [9.17, 15) is 0 Å². The van der Waals surface area contributed by atoms with Gasteiger partial charge in [-0.15, -0.1) is 11.3 Å². The number of hydrogen-bond donors (Lipinski definition) is 2. The second kappa shape index (κ2) is 6.16. The van der Waals surface area contributed by atoms with Gasteiger partial charge in [-0.1, -0.05) is 54.1 Å². The molecular weight excluding hydrogens is 300 g/mol. The molecule has 0 saturated heterocycles. The van der Waals surface area contributed by atoms with Crippen molar-refractivity contribution in [3.8, 4) is 0 Å². The second-order valence-electron chi connectivity index (χ2n) is 5.16. The van der Waals surface area contributed by atoms with Gasteiger partial charge in [0, 0.05) is 4.88 Å². The Bertz CT molecular complexity index is 761. The summed E-state index contributed by atoms with van der Waals surface area (Å²) in [6, 6.07) is 14.8. The van der Waals surface area contributed by atoms with Crippen LogP contribution in [-0.2, 0) is 6.42 Å². The van der Waals surface area contributed by atoms with Crippen LogP contribution in [0.3, 0.4) is 0 Å². The van der Waals surface area contributed by atoms with Crippen LogP contribution < -0.4 is 11.3 Å². The van der Waals surface area contributed by atoms with Crippen LogP contribution in [0.4, 0.5) is 0 Å². The molecule has 0 spiro atoms. The zero-order chi connectivity index (χ0) is 14.8. The van der Waals surface area contributed by atoms with E-state index >= 15 is 0 Å². The highest BCUT2D eigenvalue weighted by Crippen LogP contribution is 2.34. The second-order valence-corrected chi connectivity index (χ2v) is 6.45. The van der Waals surface area contributed by atoms with Gasteiger partial charge in [-0.3, -0.25) is 11.3 Å². The first kappa shape index (κ1) is 14.5. The number of aryl methyl sites for hydroxylation is 1. The van der Waals surface area contributed by atoms with Crippen LogP contribution in [0.25, 0.3) is 10.8 Å². The van der Waals surface area contributed by atoms with E-state index in [0.717, 1.165) is 21.9 Å². The SMILES string of the molecule is Cc1csc(C(Cc2cccc3ccccc23)NN)c1Cl. The number of fused-ring (bicyclic) bond motifs is 1. The summed E-state index contributed by atoms with van der Waals surface area (Å²) >= 11 is 8.04. The lowest BCUT2D eigenvalue weighted by atomic mass is 9.98. The lowest BCUT2D eigenvalue weighted by Gasteiger charge is -2.16. The third kappa shape index (κ3) is 2.83. The number of thiophene rings is 1. The van der Waals surface area contributed by atoms with E-state index in [1.165, 1.54) is 16.3 Å². The molecule has 0 bridgehead atoms. The fourth-order valence-corrected chi connectivity index (χ4v) is 3.99. The zero-order valence-electron chi connectivity index (χ0n) is 11.8. The van der Waals surface area contributed by atoms with Gasteiger partial charge in [-0.25, -0.2) is 0 Å². The van der Waals surface area contributed by atoms with Crippen molar-refractivity contribution < 1.29 is 0 Å². The predicted molar refractivity (Wildman–Crippen MR) is 91.8 cm³/mol. The summed E-state index contributed by atoms with van der Waals surface area (Å²) in [4.78, 5) is 1.10. The van der Waals surface area contributed by atoms with Crippen LogP contribution >= 0.6 is 22.9 Å². The predicted octanol–water partition coefficient (Wildman–Crippen LogP) is 4.61. The molecule has 1 unspecified atom stereocenters. The number of hydrazine groups is 1. The Labute approximate surface area is 133 Å². The number of rotatable bonds is 4. The van der Waals surface area contributed by atoms with E-state index in [-0.39, 0.29) is 6.04 Å². The first-order chi connectivity index (χ1) is 10.2. The number of hydrogen-bond acceptors (Lipinski definition) is 3. The van der Waals surface area contributed by atoms with E-state index in [0.29, 0.717) is 0 Å². The molecule has 3 rings (SSSR count). The van der Waals surface area contributed by atoms with Crippen molar-refractivity contribution in [1.29, 1.82) is 0 Å². The molecule has 1 heterocycles. The normalized spacial score (nSPS) is 12.7. The van der Waals surface area contributed by atoms with Gasteiger partial charge in [0.25, 0.3) is 0 Å². The van der Waals surface area contributed by atoms with Crippen molar-refractivity contribution in [2.75, 3.05) is 0 Å². The summed E-state index contributed by atoms with van der Waals surface area (Å²) < 4.78 is 0. The number of halogens is 1. The molecule has 0 fully saturated rings. The molecule has 0 amide bonds. The fraction of sp³-hybridized carbons (Fsp3) is 0.176. The Morgan fingerprint density at radius 1 is 1.19 bits per heavy atom. The molecule has 3 N–H and O–H groups in total. The summed E-state index contributed by atoms with van der Waals surface area (Å²) in [6.07, 6.45) is 0.817. The Morgan fingerprint density at radius 2 is 1.95 bits per heavy atom. The smallest absolute Gasteiger partial charge is 0.0608 e. The van der Waals surface area contributed by atoms with Gasteiger partial charge in [0.2, 0.25) is 0 Å². The molecule has 0 radical (unpaired) electrons. The highest BCUT2D eigenvalue weighted by molar-refractivity contribution is 7.10. The number of benzene rings is 2. The monoisotopic (exact) mass is 316 g/mol. The minimum atomic E-state index is 0.0296. The van der Waals surface area contributed by atoms with Crippen molar-refractivity contribution in [1.82, 2.24) is 5.43 Å². The summed E-state index contributed by atoms with van der Waals surface area (Å²) in [5.74, 6) is 5.77. The maximum absolute atomic E-state index is 6.38. The molecule has 0 saturated carbocycles. The largest absolute Gasteiger partial charge is 0.271 e. The number of nitrogens with two attached hydrogens (primary N) is 1. The molecule has 0 aliphatic rings. The first-order valence-corrected chi connectivity index (χ1v) is 8.12. The Hall–Kier alpha value is -1.39. The van der Waals surface area contributed by atoms with Crippen LogP contribution in [-0.4, -0.2) is 0 Å². The van der Waals surface area contributed by atoms with Gasteiger partial charge in [0.05, 0.1) is 11.1 Å².